The first-order chi connectivity index (χ1) is 9.70. The van der Waals surface area contributed by atoms with Gasteiger partial charge in [-0.25, -0.2) is 0 Å². The van der Waals surface area contributed by atoms with Gasteiger partial charge in [0.25, 0.3) is 0 Å². The highest BCUT2D eigenvalue weighted by Gasteiger charge is 2.24. The maximum Gasteiger partial charge on any atom is 0.103 e. The van der Waals surface area contributed by atoms with Crippen molar-refractivity contribution in [2.75, 3.05) is 19.6 Å². The SMILES string of the molecule is CCC(C)C1CN(C(C)CCc2ccco2)CCCN1. The van der Waals surface area contributed by atoms with E-state index in [2.05, 4.69) is 37.1 Å². The molecule has 1 aromatic rings. The summed E-state index contributed by atoms with van der Waals surface area (Å²) in [6.45, 7) is 10.6. The van der Waals surface area contributed by atoms with E-state index in [1.54, 1.807) is 6.26 Å². The number of hydrogen-bond acceptors (Lipinski definition) is 3. The van der Waals surface area contributed by atoms with Gasteiger partial charge in [0, 0.05) is 25.0 Å². The fourth-order valence-corrected chi connectivity index (χ4v) is 3.03. The first kappa shape index (κ1) is 15.6. The fourth-order valence-electron chi connectivity index (χ4n) is 3.03. The maximum atomic E-state index is 5.44. The van der Waals surface area contributed by atoms with Crippen molar-refractivity contribution >= 4 is 0 Å². The van der Waals surface area contributed by atoms with E-state index in [0.717, 1.165) is 24.6 Å². The van der Waals surface area contributed by atoms with Gasteiger partial charge < -0.3 is 9.73 Å². The Morgan fingerprint density at radius 1 is 1.45 bits per heavy atom. The van der Waals surface area contributed by atoms with Gasteiger partial charge in [-0.05, 0) is 50.9 Å². The molecule has 3 nitrogen and oxygen atoms in total. The van der Waals surface area contributed by atoms with Gasteiger partial charge >= 0.3 is 0 Å². The number of rotatable bonds is 6. The van der Waals surface area contributed by atoms with E-state index in [1.165, 1.54) is 32.4 Å². The Kier molecular flexibility index (Phi) is 6.11. The molecule has 1 aromatic heterocycles. The molecule has 1 aliphatic heterocycles. The molecule has 0 saturated carbocycles. The summed E-state index contributed by atoms with van der Waals surface area (Å²) in [4.78, 5) is 2.67. The van der Waals surface area contributed by atoms with Crippen molar-refractivity contribution in [3.63, 3.8) is 0 Å². The molecule has 3 atom stereocenters. The summed E-state index contributed by atoms with van der Waals surface area (Å²) in [5, 5.41) is 3.73. The third-order valence-electron chi connectivity index (χ3n) is 4.80. The molecule has 0 aliphatic carbocycles. The van der Waals surface area contributed by atoms with Crippen molar-refractivity contribution in [2.24, 2.45) is 5.92 Å². The Balaban J connectivity index is 1.85. The van der Waals surface area contributed by atoms with Crippen LogP contribution in [0.1, 0.15) is 45.8 Å². The number of hydrogen-bond donors (Lipinski definition) is 1. The minimum Gasteiger partial charge on any atom is -0.469 e. The van der Waals surface area contributed by atoms with E-state index in [9.17, 15) is 0 Å². The zero-order valence-electron chi connectivity index (χ0n) is 13.3. The first-order valence-corrected chi connectivity index (χ1v) is 8.20. The minimum atomic E-state index is 0.631. The average Bonchev–Trinajstić information content (AvgIpc) is 2.86. The quantitative estimate of drug-likeness (QED) is 0.865. The molecule has 2 heterocycles. The van der Waals surface area contributed by atoms with E-state index < -0.39 is 0 Å². The molecule has 0 aromatic carbocycles. The van der Waals surface area contributed by atoms with Crippen LogP contribution in [0.5, 0.6) is 0 Å². The normalized spacial score (nSPS) is 24.2. The average molecular weight is 278 g/mol. The molecule has 3 heteroatoms. The predicted octanol–water partition coefficient (Wildman–Crippen LogP) is 3.31. The minimum absolute atomic E-state index is 0.631. The van der Waals surface area contributed by atoms with Crippen LogP contribution in [0.25, 0.3) is 0 Å². The summed E-state index contributed by atoms with van der Waals surface area (Å²) in [5.41, 5.74) is 0. The number of nitrogens with zero attached hydrogens (tertiary/aromatic N) is 1. The van der Waals surface area contributed by atoms with Gasteiger partial charge in [-0.15, -0.1) is 0 Å². The monoisotopic (exact) mass is 278 g/mol. The maximum absolute atomic E-state index is 5.44. The summed E-state index contributed by atoms with van der Waals surface area (Å²) in [5.74, 6) is 1.87. The molecule has 2 rings (SSSR count). The van der Waals surface area contributed by atoms with Crippen molar-refractivity contribution in [1.29, 1.82) is 0 Å². The number of aryl methyl sites for hydroxylation is 1. The van der Waals surface area contributed by atoms with Gasteiger partial charge in [-0.1, -0.05) is 20.3 Å². The Morgan fingerprint density at radius 3 is 3.00 bits per heavy atom. The van der Waals surface area contributed by atoms with Crippen molar-refractivity contribution in [2.45, 2.75) is 58.5 Å². The first-order valence-electron chi connectivity index (χ1n) is 8.20. The van der Waals surface area contributed by atoms with Crippen LogP contribution in [0.3, 0.4) is 0 Å². The largest absolute Gasteiger partial charge is 0.469 e. The predicted molar refractivity (Wildman–Crippen MR) is 83.9 cm³/mol. The molecular weight excluding hydrogens is 248 g/mol. The second kappa shape index (κ2) is 7.84. The molecule has 20 heavy (non-hydrogen) atoms. The highest BCUT2D eigenvalue weighted by Crippen LogP contribution is 2.17. The third kappa shape index (κ3) is 4.35. The topological polar surface area (TPSA) is 28.4 Å². The highest BCUT2D eigenvalue weighted by molar-refractivity contribution is 4.98. The zero-order valence-corrected chi connectivity index (χ0v) is 13.3. The van der Waals surface area contributed by atoms with Crippen LogP contribution >= 0.6 is 0 Å². The molecule has 0 radical (unpaired) electrons. The molecule has 0 bridgehead atoms. The van der Waals surface area contributed by atoms with Crippen molar-refractivity contribution in [3.8, 4) is 0 Å². The zero-order chi connectivity index (χ0) is 14.4. The van der Waals surface area contributed by atoms with Crippen molar-refractivity contribution in [1.82, 2.24) is 10.2 Å². The molecule has 0 spiro atoms. The summed E-state index contributed by atoms with van der Waals surface area (Å²) >= 11 is 0. The lowest BCUT2D eigenvalue weighted by Crippen LogP contribution is -2.44. The van der Waals surface area contributed by atoms with Crippen LogP contribution in [0.15, 0.2) is 22.8 Å². The van der Waals surface area contributed by atoms with Crippen LogP contribution in [0.2, 0.25) is 0 Å². The van der Waals surface area contributed by atoms with Crippen molar-refractivity contribution < 1.29 is 4.42 Å². The Bertz CT molecular complexity index is 363. The lowest BCUT2D eigenvalue weighted by molar-refractivity contribution is 0.178. The summed E-state index contributed by atoms with van der Waals surface area (Å²) in [6, 6.07) is 5.34. The highest BCUT2D eigenvalue weighted by atomic mass is 16.3. The smallest absolute Gasteiger partial charge is 0.103 e. The van der Waals surface area contributed by atoms with E-state index in [4.69, 9.17) is 4.42 Å². The molecule has 1 N–H and O–H groups in total. The van der Waals surface area contributed by atoms with Crippen molar-refractivity contribution in [3.05, 3.63) is 24.2 Å². The second-order valence-corrected chi connectivity index (χ2v) is 6.26. The van der Waals surface area contributed by atoms with E-state index in [-0.39, 0.29) is 0 Å². The number of furan rings is 1. The van der Waals surface area contributed by atoms with Gasteiger partial charge in [0.1, 0.15) is 5.76 Å². The number of nitrogens with one attached hydrogen (secondary N) is 1. The lowest BCUT2D eigenvalue weighted by atomic mass is 9.98. The summed E-state index contributed by atoms with van der Waals surface area (Å²) in [7, 11) is 0. The molecule has 1 saturated heterocycles. The van der Waals surface area contributed by atoms with E-state index in [0.29, 0.717) is 12.1 Å². The van der Waals surface area contributed by atoms with Gasteiger partial charge in [-0.3, -0.25) is 4.90 Å². The van der Waals surface area contributed by atoms with Crippen LogP contribution in [-0.2, 0) is 6.42 Å². The molecule has 3 unspecified atom stereocenters. The van der Waals surface area contributed by atoms with Crippen LogP contribution in [0, 0.1) is 5.92 Å². The second-order valence-electron chi connectivity index (χ2n) is 6.26. The van der Waals surface area contributed by atoms with E-state index >= 15 is 0 Å². The standard InChI is InChI=1S/C17H30N2O/c1-4-14(2)17-13-19(11-6-10-18-17)15(3)8-9-16-7-5-12-20-16/h5,7,12,14-15,17-18H,4,6,8-11,13H2,1-3H3. The summed E-state index contributed by atoms with van der Waals surface area (Å²) in [6.07, 6.45) is 6.52. The Hall–Kier alpha value is -0.800. The van der Waals surface area contributed by atoms with Gasteiger partial charge in [0.15, 0.2) is 0 Å². The van der Waals surface area contributed by atoms with Gasteiger partial charge in [0.05, 0.1) is 6.26 Å². The molecule has 1 fully saturated rings. The molecular formula is C17H30N2O. The molecule has 114 valence electrons. The summed E-state index contributed by atoms with van der Waals surface area (Å²) < 4.78 is 5.44. The van der Waals surface area contributed by atoms with Gasteiger partial charge in [-0.2, -0.15) is 0 Å². The van der Waals surface area contributed by atoms with Gasteiger partial charge in [0.2, 0.25) is 0 Å². The third-order valence-corrected chi connectivity index (χ3v) is 4.80. The lowest BCUT2D eigenvalue weighted by Gasteiger charge is -2.32. The van der Waals surface area contributed by atoms with Crippen LogP contribution in [-0.4, -0.2) is 36.6 Å². The Labute approximate surface area is 123 Å². The molecule has 0 amide bonds. The fraction of sp³-hybridized carbons (Fsp3) is 0.765. The van der Waals surface area contributed by atoms with Crippen LogP contribution in [0.4, 0.5) is 0 Å². The molecule has 1 aliphatic rings. The Morgan fingerprint density at radius 2 is 2.30 bits per heavy atom. The van der Waals surface area contributed by atoms with Crippen LogP contribution < -0.4 is 5.32 Å². The van der Waals surface area contributed by atoms with E-state index in [1.807, 2.05) is 6.07 Å².